The quantitative estimate of drug-likeness (QED) is 0.456. The zero-order valence-corrected chi connectivity index (χ0v) is 19.9. The number of hydrogen-bond acceptors (Lipinski definition) is 3. The minimum atomic E-state index is 0. The number of rotatable bonds is 6. The maximum absolute atomic E-state index is 5.68. The Hall–Kier alpha value is -2.04. The number of halogens is 2. The van der Waals surface area contributed by atoms with Crippen LogP contribution >= 0.6 is 24.8 Å². The van der Waals surface area contributed by atoms with Gasteiger partial charge in [0.1, 0.15) is 5.75 Å². The summed E-state index contributed by atoms with van der Waals surface area (Å²) >= 11 is 0. The second-order valence-corrected chi connectivity index (χ2v) is 7.92. The van der Waals surface area contributed by atoms with Gasteiger partial charge in [-0.15, -0.1) is 24.8 Å². The summed E-state index contributed by atoms with van der Waals surface area (Å²) in [5, 5.41) is 2.58. The molecule has 0 aliphatic carbocycles. The van der Waals surface area contributed by atoms with Gasteiger partial charge < -0.3 is 4.74 Å². The molecule has 3 nitrogen and oxygen atoms in total. The van der Waals surface area contributed by atoms with Crippen molar-refractivity contribution in [2.45, 2.75) is 13.5 Å². The molecule has 5 heteroatoms. The largest absolute Gasteiger partial charge is 0.496 e. The van der Waals surface area contributed by atoms with Crippen molar-refractivity contribution in [1.82, 2.24) is 9.80 Å². The van der Waals surface area contributed by atoms with Crippen LogP contribution in [0.4, 0.5) is 0 Å². The maximum atomic E-state index is 5.68. The van der Waals surface area contributed by atoms with Crippen LogP contribution in [0.25, 0.3) is 16.8 Å². The van der Waals surface area contributed by atoms with Crippen LogP contribution in [-0.4, -0.2) is 49.6 Å². The lowest BCUT2D eigenvalue weighted by Crippen LogP contribution is -2.46. The summed E-state index contributed by atoms with van der Waals surface area (Å²) in [5.41, 5.74) is 4.01. The summed E-state index contributed by atoms with van der Waals surface area (Å²) in [4.78, 5) is 5.11. The molecule has 0 atom stereocenters. The zero-order valence-electron chi connectivity index (χ0n) is 18.3. The van der Waals surface area contributed by atoms with Crippen LogP contribution in [0.15, 0.2) is 72.3 Å². The van der Waals surface area contributed by atoms with Crippen molar-refractivity contribution in [3.8, 4) is 5.75 Å². The Balaban J connectivity index is 0.00000171. The molecule has 0 N–H and O–H groups in total. The van der Waals surface area contributed by atoms with Crippen LogP contribution in [-0.2, 0) is 6.54 Å². The second-order valence-electron chi connectivity index (χ2n) is 7.92. The number of methoxy groups -OCH3 is 1. The molecule has 0 spiro atoms. The first kappa shape index (κ1) is 25.2. The molecule has 3 aromatic rings. The fourth-order valence-corrected chi connectivity index (χ4v) is 4.23. The molecule has 31 heavy (non-hydrogen) atoms. The van der Waals surface area contributed by atoms with Gasteiger partial charge in [-0.25, -0.2) is 0 Å². The van der Waals surface area contributed by atoms with Crippen LogP contribution in [0.1, 0.15) is 18.1 Å². The first-order valence-electron chi connectivity index (χ1n) is 10.4. The summed E-state index contributed by atoms with van der Waals surface area (Å²) < 4.78 is 5.68. The molecule has 0 bridgehead atoms. The summed E-state index contributed by atoms with van der Waals surface area (Å²) in [7, 11) is 1.77. The van der Waals surface area contributed by atoms with E-state index in [0.717, 1.165) is 45.0 Å². The smallest absolute Gasteiger partial charge is 0.123 e. The van der Waals surface area contributed by atoms with Crippen LogP contribution in [0.3, 0.4) is 0 Å². The highest BCUT2D eigenvalue weighted by atomic mass is 35.5. The number of nitrogens with zero attached hydrogens (tertiary/aromatic N) is 2. The van der Waals surface area contributed by atoms with Crippen LogP contribution < -0.4 is 4.74 Å². The van der Waals surface area contributed by atoms with E-state index in [1.165, 1.54) is 27.5 Å². The van der Waals surface area contributed by atoms with E-state index in [9.17, 15) is 0 Å². The van der Waals surface area contributed by atoms with Crippen molar-refractivity contribution in [3.63, 3.8) is 0 Å². The highest BCUT2D eigenvalue weighted by Gasteiger charge is 2.19. The fraction of sp³-hybridized carbons (Fsp3) is 0.308. The molecule has 0 aromatic heterocycles. The molecule has 1 heterocycles. The molecule has 0 radical (unpaired) electrons. The SMILES string of the molecule is COc1ccc2ccccc2c1CN1CCN(C/C(C)=C/c2ccccc2)CC1.Cl.Cl. The van der Waals surface area contributed by atoms with E-state index in [0.29, 0.717) is 0 Å². The topological polar surface area (TPSA) is 15.7 Å². The van der Waals surface area contributed by atoms with Gasteiger partial charge in [0.15, 0.2) is 0 Å². The van der Waals surface area contributed by atoms with E-state index < -0.39 is 0 Å². The number of piperazine rings is 1. The molecule has 0 amide bonds. The van der Waals surface area contributed by atoms with E-state index in [4.69, 9.17) is 4.74 Å². The highest BCUT2D eigenvalue weighted by Crippen LogP contribution is 2.29. The Bertz CT molecular complexity index is 983. The van der Waals surface area contributed by atoms with Gasteiger partial charge in [0, 0.05) is 44.8 Å². The van der Waals surface area contributed by atoms with Crippen LogP contribution in [0.2, 0.25) is 0 Å². The van der Waals surface area contributed by atoms with E-state index >= 15 is 0 Å². The van der Waals surface area contributed by atoms with Crippen molar-refractivity contribution in [3.05, 3.63) is 83.4 Å². The standard InChI is InChI=1S/C26H30N2O.2ClH/c1-21(18-22-8-4-3-5-9-22)19-27-14-16-28(17-15-27)20-25-24-11-7-6-10-23(24)12-13-26(25)29-2;;/h3-13,18H,14-17,19-20H2,1-2H3;2*1H/b21-18+;;. The Morgan fingerprint density at radius 1 is 0.839 bits per heavy atom. The first-order chi connectivity index (χ1) is 14.2. The molecule has 4 rings (SSSR count). The van der Waals surface area contributed by atoms with Gasteiger partial charge in [-0.2, -0.15) is 0 Å². The fourth-order valence-electron chi connectivity index (χ4n) is 4.23. The van der Waals surface area contributed by atoms with Crippen molar-refractivity contribution in [1.29, 1.82) is 0 Å². The maximum Gasteiger partial charge on any atom is 0.123 e. The van der Waals surface area contributed by atoms with Crippen molar-refractivity contribution < 1.29 is 4.74 Å². The van der Waals surface area contributed by atoms with Crippen LogP contribution in [0, 0.1) is 0 Å². The van der Waals surface area contributed by atoms with Crippen LogP contribution in [0.5, 0.6) is 5.75 Å². The lowest BCUT2D eigenvalue weighted by Gasteiger charge is -2.35. The zero-order chi connectivity index (χ0) is 20.1. The second kappa shape index (κ2) is 12.1. The molecule has 0 unspecified atom stereocenters. The predicted octanol–water partition coefficient (Wildman–Crippen LogP) is 5.91. The average Bonchev–Trinajstić information content (AvgIpc) is 2.76. The Kier molecular flexibility index (Phi) is 9.86. The number of fused-ring (bicyclic) bond motifs is 1. The van der Waals surface area contributed by atoms with Gasteiger partial charge in [-0.3, -0.25) is 9.80 Å². The lowest BCUT2D eigenvalue weighted by atomic mass is 10.0. The molecule has 0 saturated carbocycles. The molecule has 1 saturated heterocycles. The third kappa shape index (κ3) is 6.47. The van der Waals surface area contributed by atoms with E-state index in [1.54, 1.807) is 7.11 Å². The third-order valence-electron chi connectivity index (χ3n) is 5.75. The molecule has 1 aliphatic heterocycles. The summed E-state index contributed by atoms with van der Waals surface area (Å²) in [5.74, 6) is 0.993. The first-order valence-corrected chi connectivity index (χ1v) is 10.4. The van der Waals surface area contributed by atoms with Gasteiger partial charge in [0.2, 0.25) is 0 Å². The molecule has 1 aliphatic rings. The average molecular weight is 459 g/mol. The minimum absolute atomic E-state index is 0. The Morgan fingerprint density at radius 2 is 1.48 bits per heavy atom. The van der Waals surface area contributed by atoms with E-state index in [1.807, 2.05) is 0 Å². The Labute approximate surface area is 198 Å². The van der Waals surface area contributed by atoms with Gasteiger partial charge in [0.25, 0.3) is 0 Å². The molecule has 166 valence electrons. The van der Waals surface area contributed by atoms with Gasteiger partial charge in [0.05, 0.1) is 7.11 Å². The van der Waals surface area contributed by atoms with Crippen molar-refractivity contribution >= 4 is 41.7 Å². The summed E-state index contributed by atoms with van der Waals surface area (Å²) in [6, 6.07) is 23.4. The van der Waals surface area contributed by atoms with E-state index in [2.05, 4.69) is 89.5 Å². The third-order valence-corrected chi connectivity index (χ3v) is 5.75. The summed E-state index contributed by atoms with van der Waals surface area (Å²) in [6.07, 6.45) is 2.30. The molecular weight excluding hydrogens is 427 g/mol. The lowest BCUT2D eigenvalue weighted by molar-refractivity contribution is 0.134. The number of ether oxygens (including phenoxy) is 1. The van der Waals surface area contributed by atoms with Crippen molar-refractivity contribution in [2.75, 3.05) is 39.8 Å². The monoisotopic (exact) mass is 458 g/mol. The normalized spacial score (nSPS) is 15.2. The van der Waals surface area contributed by atoms with Gasteiger partial charge in [-0.1, -0.05) is 72.3 Å². The molecular formula is C26H32Cl2N2O. The van der Waals surface area contributed by atoms with E-state index in [-0.39, 0.29) is 24.8 Å². The molecule has 3 aromatic carbocycles. The van der Waals surface area contributed by atoms with Gasteiger partial charge in [-0.05, 0) is 29.3 Å². The highest BCUT2D eigenvalue weighted by molar-refractivity contribution is 5.87. The summed E-state index contributed by atoms with van der Waals surface area (Å²) in [6.45, 7) is 8.61. The van der Waals surface area contributed by atoms with Gasteiger partial charge >= 0.3 is 0 Å². The molecule has 1 fully saturated rings. The Morgan fingerprint density at radius 3 is 2.19 bits per heavy atom. The number of benzene rings is 3. The number of hydrogen-bond donors (Lipinski definition) is 0. The van der Waals surface area contributed by atoms with Crippen molar-refractivity contribution in [2.24, 2.45) is 0 Å². The minimum Gasteiger partial charge on any atom is -0.496 e. The predicted molar refractivity (Wildman–Crippen MR) is 137 cm³/mol.